The summed E-state index contributed by atoms with van der Waals surface area (Å²) in [6.45, 7) is 0. The van der Waals surface area contributed by atoms with Gasteiger partial charge in [0.1, 0.15) is 0 Å². The van der Waals surface area contributed by atoms with Crippen LogP contribution in [0.15, 0.2) is 67.0 Å². The lowest BCUT2D eigenvalue weighted by Gasteiger charge is -2.09. The number of halogens is 2. The van der Waals surface area contributed by atoms with Crippen molar-refractivity contribution in [3.05, 3.63) is 81.7 Å². The molecule has 2 aromatic carbocycles. The van der Waals surface area contributed by atoms with Gasteiger partial charge in [-0.1, -0.05) is 36.4 Å². The maximum atomic E-state index is 6.58. The topological polar surface area (TPSA) is 17.8 Å². The van der Waals surface area contributed by atoms with Crippen molar-refractivity contribution in [2.24, 2.45) is 0 Å². The van der Waals surface area contributed by atoms with Gasteiger partial charge in [0.2, 0.25) is 0 Å². The van der Waals surface area contributed by atoms with E-state index in [2.05, 4.69) is 39.8 Å². The third kappa shape index (κ3) is 2.74. The number of hydrogen-bond donors (Lipinski definition) is 0. The van der Waals surface area contributed by atoms with Gasteiger partial charge in [-0.3, -0.25) is 0 Å². The van der Waals surface area contributed by atoms with Gasteiger partial charge >= 0.3 is 0 Å². The van der Waals surface area contributed by atoms with E-state index in [1.807, 2.05) is 59.5 Å². The highest BCUT2D eigenvalue weighted by atomic mass is 127. The van der Waals surface area contributed by atoms with Gasteiger partial charge in [0.05, 0.1) is 17.3 Å². The van der Waals surface area contributed by atoms with Crippen molar-refractivity contribution in [1.82, 2.24) is 9.78 Å². The van der Waals surface area contributed by atoms with Crippen LogP contribution in [-0.2, 0) is 0 Å². The largest absolute Gasteiger partial charge is 0.241 e. The van der Waals surface area contributed by atoms with E-state index < -0.39 is 0 Å². The first kappa shape index (κ1) is 13.6. The van der Waals surface area contributed by atoms with Crippen molar-refractivity contribution in [3.63, 3.8) is 0 Å². The summed E-state index contributed by atoms with van der Waals surface area (Å²) < 4.78 is 3.01. The number of aromatic nitrogens is 2. The standard InChI is InChI=1S/C16H12ClIN2/c17-16(14-8-4-5-9-15(14)18)12-10-19-20(11-12)13-6-2-1-3-7-13/h1-11,16H. The first-order valence-corrected chi connectivity index (χ1v) is 7.76. The number of alkyl halides is 1. The van der Waals surface area contributed by atoms with Crippen LogP contribution in [0.2, 0.25) is 0 Å². The van der Waals surface area contributed by atoms with E-state index in [0.29, 0.717) is 0 Å². The van der Waals surface area contributed by atoms with Crippen LogP contribution in [0.4, 0.5) is 0 Å². The van der Waals surface area contributed by atoms with Crippen LogP contribution in [0.3, 0.4) is 0 Å². The van der Waals surface area contributed by atoms with E-state index in [4.69, 9.17) is 11.6 Å². The van der Waals surface area contributed by atoms with Crippen LogP contribution in [0.1, 0.15) is 16.5 Å². The van der Waals surface area contributed by atoms with E-state index in [1.54, 1.807) is 0 Å². The fourth-order valence-electron chi connectivity index (χ4n) is 2.05. The van der Waals surface area contributed by atoms with Gasteiger partial charge in [0, 0.05) is 15.3 Å². The molecule has 0 spiro atoms. The van der Waals surface area contributed by atoms with Crippen molar-refractivity contribution in [1.29, 1.82) is 0 Å². The van der Waals surface area contributed by atoms with Crippen molar-refractivity contribution >= 4 is 34.2 Å². The number of rotatable bonds is 3. The third-order valence-corrected chi connectivity index (χ3v) is 4.56. The van der Waals surface area contributed by atoms with Gasteiger partial charge in [0.25, 0.3) is 0 Å². The van der Waals surface area contributed by atoms with Gasteiger partial charge in [-0.05, 0) is 46.4 Å². The minimum absolute atomic E-state index is 0.180. The van der Waals surface area contributed by atoms with Gasteiger partial charge in [-0.15, -0.1) is 11.6 Å². The molecule has 0 amide bonds. The predicted octanol–water partition coefficient (Wildman–Crippen LogP) is 4.81. The molecule has 1 atom stereocenters. The number of para-hydroxylation sites is 1. The van der Waals surface area contributed by atoms with E-state index >= 15 is 0 Å². The van der Waals surface area contributed by atoms with Crippen molar-refractivity contribution < 1.29 is 0 Å². The third-order valence-electron chi connectivity index (χ3n) is 3.09. The smallest absolute Gasteiger partial charge is 0.0876 e. The summed E-state index contributed by atoms with van der Waals surface area (Å²) in [4.78, 5) is 0. The predicted molar refractivity (Wildman–Crippen MR) is 90.4 cm³/mol. The van der Waals surface area contributed by atoms with Gasteiger partial charge < -0.3 is 0 Å². The molecule has 0 aliphatic rings. The maximum Gasteiger partial charge on any atom is 0.0876 e. The summed E-state index contributed by atoms with van der Waals surface area (Å²) in [5.74, 6) is 0. The second kappa shape index (κ2) is 5.97. The molecule has 0 N–H and O–H groups in total. The molecule has 0 fully saturated rings. The van der Waals surface area contributed by atoms with Crippen molar-refractivity contribution in [2.45, 2.75) is 5.38 Å². The molecule has 0 saturated carbocycles. The SMILES string of the molecule is ClC(c1cnn(-c2ccccc2)c1)c1ccccc1I. The molecule has 1 heterocycles. The highest BCUT2D eigenvalue weighted by molar-refractivity contribution is 14.1. The quantitative estimate of drug-likeness (QED) is 0.461. The molecule has 3 rings (SSSR count). The molecule has 100 valence electrons. The first-order valence-electron chi connectivity index (χ1n) is 6.24. The Kier molecular flexibility index (Phi) is 4.08. The second-order valence-corrected chi connectivity index (χ2v) is 6.04. The summed E-state index contributed by atoms with van der Waals surface area (Å²) in [5, 5.41) is 4.21. The molecule has 20 heavy (non-hydrogen) atoms. The molecule has 3 aromatic rings. The lowest BCUT2D eigenvalue weighted by Crippen LogP contribution is -1.95. The Balaban J connectivity index is 1.93. The Morgan fingerprint density at radius 1 is 1.00 bits per heavy atom. The van der Waals surface area contributed by atoms with Crippen LogP contribution in [0, 0.1) is 3.57 Å². The Bertz CT molecular complexity index is 709. The molecule has 1 unspecified atom stereocenters. The lowest BCUT2D eigenvalue weighted by atomic mass is 10.1. The highest BCUT2D eigenvalue weighted by Gasteiger charge is 2.15. The van der Waals surface area contributed by atoms with Crippen LogP contribution >= 0.6 is 34.2 Å². The minimum Gasteiger partial charge on any atom is -0.241 e. The average molecular weight is 395 g/mol. The lowest BCUT2D eigenvalue weighted by molar-refractivity contribution is 0.880. The average Bonchev–Trinajstić information content (AvgIpc) is 2.98. The summed E-state index contributed by atoms with van der Waals surface area (Å²) in [6.07, 6.45) is 3.81. The molecular weight excluding hydrogens is 383 g/mol. The molecule has 0 aliphatic carbocycles. The minimum atomic E-state index is -0.180. The molecule has 0 radical (unpaired) electrons. The summed E-state index contributed by atoms with van der Waals surface area (Å²) in [5.41, 5.74) is 3.15. The summed E-state index contributed by atoms with van der Waals surface area (Å²) in [6, 6.07) is 18.2. The van der Waals surface area contributed by atoms with E-state index in [1.165, 1.54) is 0 Å². The zero-order valence-electron chi connectivity index (χ0n) is 10.6. The van der Waals surface area contributed by atoms with Crippen molar-refractivity contribution in [3.8, 4) is 5.69 Å². The number of hydrogen-bond acceptors (Lipinski definition) is 1. The summed E-state index contributed by atoms with van der Waals surface area (Å²) in [7, 11) is 0. The second-order valence-electron chi connectivity index (χ2n) is 4.44. The molecule has 0 saturated heterocycles. The Labute approximate surface area is 136 Å². The highest BCUT2D eigenvalue weighted by Crippen LogP contribution is 2.31. The molecule has 1 aromatic heterocycles. The van der Waals surface area contributed by atoms with Crippen molar-refractivity contribution in [2.75, 3.05) is 0 Å². The Morgan fingerprint density at radius 2 is 1.70 bits per heavy atom. The Hall–Kier alpha value is -1.33. The van der Waals surface area contributed by atoms with Gasteiger partial charge in [-0.2, -0.15) is 5.10 Å². The van der Waals surface area contributed by atoms with E-state index in [0.717, 1.165) is 20.4 Å². The number of nitrogens with zero attached hydrogens (tertiary/aromatic N) is 2. The van der Waals surface area contributed by atoms with Crippen LogP contribution in [0.5, 0.6) is 0 Å². The van der Waals surface area contributed by atoms with Gasteiger partial charge in [-0.25, -0.2) is 4.68 Å². The fourth-order valence-corrected chi connectivity index (χ4v) is 3.24. The number of benzene rings is 2. The zero-order chi connectivity index (χ0) is 13.9. The molecule has 4 heteroatoms. The normalized spacial score (nSPS) is 12.3. The maximum absolute atomic E-state index is 6.58. The molecule has 0 bridgehead atoms. The first-order chi connectivity index (χ1) is 9.75. The zero-order valence-corrected chi connectivity index (χ0v) is 13.5. The van der Waals surface area contributed by atoms with Gasteiger partial charge in [0.15, 0.2) is 0 Å². The summed E-state index contributed by atoms with van der Waals surface area (Å²) >= 11 is 8.89. The monoisotopic (exact) mass is 394 g/mol. The Morgan fingerprint density at radius 3 is 2.45 bits per heavy atom. The fraction of sp³-hybridized carbons (Fsp3) is 0.0625. The van der Waals surface area contributed by atoms with E-state index in [-0.39, 0.29) is 5.38 Å². The van der Waals surface area contributed by atoms with Crippen LogP contribution in [0.25, 0.3) is 5.69 Å². The van der Waals surface area contributed by atoms with Crippen LogP contribution < -0.4 is 0 Å². The van der Waals surface area contributed by atoms with E-state index in [9.17, 15) is 0 Å². The van der Waals surface area contributed by atoms with Crippen LogP contribution in [-0.4, -0.2) is 9.78 Å². The molecular formula is C16H12ClIN2. The molecule has 2 nitrogen and oxygen atoms in total. The molecule has 0 aliphatic heterocycles.